The Morgan fingerprint density at radius 3 is 2.56 bits per heavy atom. The van der Waals surface area contributed by atoms with Crippen molar-refractivity contribution in [2.24, 2.45) is 11.5 Å². The van der Waals surface area contributed by atoms with Crippen molar-refractivity contribution in [2.75, 3.05) is 6.54 Å². The van der Waals surface area contributed by atoms with E-state index >= 15 is 0 Å². The summed E-state index contributed by atoms with van der Waals surface area (Å²) in [7, 11) is 0. The molecule has 0 fully saturated rings. The number of primary amides is 1. The third-order valence-electron chi connectivity index (χ3n) is 2.17. The van der Waals surface area contributed by atoms with E-state index in [1.54, 1.807) is 0 Å². The van der Waals surface area contributed by atoms with Crippen LogP contribution < -0.4 is 16.8 Å². The van der Waals surface area contributed by atoms with Crippen LogP contribution in [0, 0.1) is 0 Å². The minimum absolute atomic E-state index is 0. The first-order valence-electron chi connectivity index (χ1n) is 5.30. The van der Waals surface area contributed by atoms with Crippen molar-refractivity contribution >= 4 is 24.2 Å². The van der Waals surface area contributed by atoms with Crippen LogP contribution in [0.5, 0.6) is 0 Å². The number of amides is 2. The number of hydrogen-bond acceptors (Lipinski definition) is 4. The zero-order chi connectivity index (χ0) is 12.8. The average molecular weight is 273 g/mol. The Morgan fingerprint density at radius 2 is 2.11 bits per heavy atom. The normalized spacial score (nSPS) is 11.2. The summed E-state index contributed by atoms with van der Waals surface area (Å²) in [5.41, 5.74) is 11.1. The number of carbonyl (C=O) groups is 2. The molecule has 0 aliphatic carbocycles. The number of hydrogen-bond donors (Lipinski definition) is 3. The van der Waals surface area contributed by atoms with Gasteiger partial charge in [0.1, 0.15) is 5.69 Å². The Labute approximate surface area is 112 Å². The molecule has 0 aromatic carbocycles. The SMILES string of the molecule is CC(N)CCNC(=O)c1ccc(C(N)=O)cn1.Cl. The number of nitrogens with two attached hydrogens (primary N) is 2. The van der Waals surface area contributed by atoms with Crippen molar-refractivity contribution in [3.63, 3.8) is 0 Å². The number of nitrogens with one attached hydrogen (secondary N) is 1. The molecule has 1 aromatic heterocycles. The highest BCUT2D eigenvalue weighted by molar-refractivity contribution is 5.95. The molecule has 0 spiro atoms. The average Bonchev–Trinajstić information content (AvgIpc) is 2.28. The summed E-state index contributed by atoms with van der Waals surface area (Å²) in [6.07, 6.45) is 1.98. The minimum atomic E-state index is -0.568. The van der Waals surface area contributed by atoms with E-state index in [0.29, 0.717) is 13.0 Å². The highest BCUT2D eigenvalue weighted by Gasteiger charge is 2.08. The fourth-order valence-electron chi connectivity index (χ4n) is 1.18. The van der Waals surface area contributed by atoms with Gasteiger partial charge in [0.05, 0.1) is 5.56 Å². The van der Waals surface area contributed by atoms with Crippen LogP contribution in [-0.4, -0.2) is 29.4 Å². The second kappa shape index (κ2) is 7.62. The Bertz CT molecular complexity index is 406. The zero-order valence-corrected chi connectivity index (χ0v) is 10.9. The largest absolute Gasteiger partial charge is 0.366 e. The van der Waals surface area contributed by atoms with E-state index in [-0.39, 0.29) is 35.6 Å². The van der Waals surface area contributed by atoms with Gasteiger partial charge in [-0.2, -0.15) is 0 Å². The van der Waals surface area contributed by atoms with Crippen molar-refractivity contribution in [1.82, 2.24) is 10.3 Å². The summed E-state index contributed by atoms with van der Waals surface area (Å²) >= 11 is 0. The summed E-state index contributed by atoms with van der Waals surface area (Å²) in [5, 5.41) is 2.68. The molecule has 1 heterocycles. The smallest absolute Gasteiger partial charge is 0.269 e. The third kappa shape index (κ3) is 5.11. The molecular weight excluding hydrogens is 256 g/mol. The van der Waals surface area contributed by atoms with Gasteiger partial charge in [0.2, 0.25) is 5.91 Å². The predicted molar refractivity (Wildman–Crippen MR) is 70.6 cm³/mol. The topological polar surface area (TPSA) is 111 Å². The van der Waals surface area contributed by atoms with Crippen molar-refractivity contribution < 1.29 is 9.59 Å². The number of rotatable bonds is 5. The van der Waals surface area contributed by atoms with Crippen molar-refractivity contribution in [3.05, 3.63) is 29.6 Å². The monoisotopic (exact) mass is 272 g/mol. The Hall–Kier alpha value is -1.66. The molecule has 5 N–H and O–H groups in total. The van der Waals surface area contributed by atoms with Gasteiger partial charge in [0.25, 0.3) is 5.91 Å². The van der Waals surface area contributed by atoms with Crippen molar-refractivity contribution in [2.45, 2.75) is 19.4 Å². The van der Waals surface area contributed by atoms with Gasteiger partial charge < -0.3 is 16.8 Å². The number of nitrogens with zero attached hydrogens (tertiary/aromatic N) is 1. The van der Waals surface area contributed by atoms with Gasteiger partial charge in [-0.1, -0.05) is 0 Å². The summed E-state index contributed by atoms with van der Waals surface area (Å²) < 4.78 is 0. The highest BCUT2D eigenvalue weighted by atomic mass is 35.5. The Morgan fingerprint density at radius 1 is 1.44 bits per heavy atom. The molecule has 0 saturated heterocycles. The van der Waals surface area contributed by atoms with E-state index < -0.39 is 5.91 Å². The third-order valence-corrected chi connectivity index (χ3v) is 2.17. The molecular formula is C11H17ClN4O2. The Kier molecular flexibility index (Phi) is 6.92. The maximum Gasteiger partial charge on any atom is 0.269 e. The van der Waals surface area contributed by atoms with E-state index in [2.05, 4.69) is 10.3 Å². The predicted octanol–water partition coefficient (Wildman–Crippen LogP) is 0.0694. The first-order chi connectivity index (χ1) is 8.00. The summed E-state index contributed by atoms with van der Waals surface area (Å²) in [5.74, 6) is -0.858. The molecule has 100 valence electrons. The molecule has 0 radical (unpaired) electrons. The number of aromatic nitrogens is 1. The summed E-state index contributed by atoms with van der Waals surface area (Å²) in [4.78, 5) is 26.2. The molecule has 2 amide bonds. The van der Waals surface area contributed by atoms with Gasteiger partial charge in [-0.15, -0.1) is 12.4 Å². The second-order valence-corrected chi connectivity index (χ2v) is 3.82. The summed E-state index contributed by atoms with van der Waals surface area (Å²) in [6.45, 7) is 2.36. The highest BCUT2D eigenvalue weighted by Crippen LogP contribution is 1.99. The van der Waals surface area contributed by atoms with Crippen LogP contribution in [0.25, 0.3) is 0 Å². The van der Waals surface area contributed by atoms with Crippen LogP contribution in [0.1, 0.15) is 34.2 Å². The molecule has 0 aliphatic heterocycles. The lowest BCUT2D eigenvalue weighted by molar-refractivity contribution is 0.0944. The van der Waals surface area contributed by atoms with Gasteiger partial charge in [-0.05, 0) is 25.5 Å². The molecule has 0 aliphatic rings. The fourth-order valence-corrected chi connectivity index (χ4v) is 1.18. The number of pyridine rings is 1. The molecule has 7 heteroatoms. The van der Waals surface area contributed by atoms with Gasteiger partial charge in [0, 0.05) is 18.8 Å². The van der Waals surface area contributed by atoms with Crippen LogP contribution in [0.4, 0.5) is 0 Å². The van der Waals surface area contributed by atoms with E-state index in [1.807, 2.05) is 6.92 Å². The summed E-state index contributed by atoms with van der Waals surface area (Å²) in [6, 6.07) is 2.97. The van der Waals surface area contributed by atoms with Gasteiger partial charge in [-0.3, -0.25) is 14.6 Å². The van der Waals surface area contributed by atoms with Crippen LogP contribution in [0.2, 0.25) is 0 Å². The van der Waals surface area contributed by atoms with E-state index in [4.69, 9.17) is 11.5 Å². The molecule has 18 heavy (non-hydrogen) atoms. The van der Waals surface area contributed by atoms with Gasteiger partial charge in [0.15, 0.2) is 0 Å². The van der Waals surface area contributed by atoms with Crippen LogP contribution >= 0.6 is 12.4 Å². The van der Waals surface area contributed by atoms with Crippen LogP contribution in [-0.2, 0) is 0 Å². The lowest BCUT2D eigenvalue weighted by atomic mass is 10.2. The van der Waals surface area contributed by atoms with Gasteiger partial charge >= 0.3 is 0 Å². The minimum Gasteiger partial charge on any atom is -0.366 e. The second-order valence-electron chi connectivity index (χ2n) is 3.82. The number of carbonyl (C=O) groups excluding carboxylic acids is 2. The van der Waals surface area contributed by atoms with Crippen LogP contribution in [0.15, 0.2) is 18.3 Å². The Balaban J connectivity index is 0.00000289. The molecule has 0 saturated carbocycles. The van der Waals surface area contributed by atoms with Gasteiger partial charge in [-0.25, -0.2) is 0 Å². The van der Waals surface area contributed by atoms with E-state index in [9.17, 15) is 9.59 Å². The maximum atomic E-state index is 11.6. The molecule has 1 atom stereocenters. The number of halogens is 1. The lowest BCUT2D eigenvalue weighted by Crippen LogP contribution is -2.29. The molecule has 6 nitrogen and oxygen atoms in total. The molecule has 1 rings (SSSR count). The van der Waals surface area contributed by atoms with Crippen LogP contribution in [0.3, 0.4) is 0 Å². The van der Waals surface area contributed by atoms with E-state index in [1.165, 1.54) is 18.3 Å². The standard InChI is InChI=1S/C11H16N4O2.ClH/c1-7(12)4-5-14-11(17)9-3-2-8(6-15-9)10(13)16;/h2-3,6-7H,4-5,12H2,1H3,(H2,13,16)(H,14,17);1H. The van der Waals surface area contributed by atoms with E-state index in [0.717, 1.165) is 0 Å². The molecule has 0 bridgehead atoms. The van der Waals surface area contributed by atoms with Crippen molar-refractivity contribution in [1.29, 1.82) is 0 Å². The van der Waals surface area contributed by atoms with Crippen molar-refractivity contribution in [3.8, 4) is 0 Å². The first kappa shape index (κ1) is 16.3. The molecule has 1 unspecified atom stereocenters. The quantitative estimate of drug-likeness (QED) is 0.704. The maximum absolute atomic E-state index is 11.6. The zero-order valence-electron chi connectivity index (χ0n) is 10.1. The molecule has 1 aromatic rings. The first-order valence-corrected chi connectivity index (χ1v) is 5.30. The fraction of sp³-hybridized carbons (Fsp3) is 0.364. The lowest BCUT2D eigenvalue weighted by Gasteiger charge is -2.06.